The Hall–Kier alpha value is -1.58. The standard InChI is InChI=1S/C19H30N2O2/c1-13(2)18(14(3)4)17-12-16(6-9-20-17)15-7-10-21(11-8-15)19(22)23-5/h6,9,12-15,18H,7-8,10-11H2,1-5H3. The van der Waals surface area contributed by atoms with Crippen molar-refractivity contribution in [1.29, 1.82) is 0 Å². The van der Waals surface area contributed by atoms with Gasteiger partial charge < -0.3 is 9.64 Å². The fraction of sp³-hybridized carbons (Fsp3) is 0.684. The predicted octanol–water partition coefficient (Wildman–Crippen LogP) is 4.42. The zero-order valence-electron chi connectivity index (χ0n) is 15.1. The molecule has 0 N–H and O–H groups in total. The van der Waals surface area contributed by atoms with Crippen molar-refractivity contribution in [1.82, 2.24) is 9.88 Å². The summed E-state index contributed by atoms with van der Waals surface area (Å²) < 4.78 is 4.81. The molecule has 1 aromatic heterocycles. The normalized spacial score (nSPS) is 16.4. The van der Waals surface area contributed by atoms with Crippen molar-refractivity contribution in [3.05, 3.63) is 29.6 Å². The molecular weight excluding hydrogens is 288 g/mol. The van der Waals surface area contributed by atoms with Crippen molar-refractivity contribution in [2.75, 3.05) is 20.2 Å². The highest BCUT2D eigenvalue weighted by atomic mass is 16.5. The van der Waals surface area contributed by atoms with Gasteiger partial charge in [-0.2, -0.15) is 0 Å². The average Bonchev–Trinajstić information content (AvgIpc) is 2.54. The Balaban J connectivity index is 2.10. The van der Waals surface area contributed by atoms with Crippen LogP contribution in [0.25, 0.3) is 0 Å². The van der Waals surface area contributed by atoms with Gasteiger partial charge in [0.2, 0.25) is 0 Å². The second-order valence-electron chi connectivity index (χ2n) is 7.26. The number of amides is 1. The van der Waals surface area contributed by atoms with E-state index >= 15 is 0 Å². The second-order valence-corrected chi connectivity index (χ2v) is 7.26. The van der Waals surface area contributed by atoms with E-state index in [9.17, 15) is 4.79 Å². The highest BCUT2D eigenvalue weighted by molar-refractivity contribution is 5.67. The van der Waals surface area contributed by atoms with Crippen molar-refractivity contribution in [2.45, 2.75) is 52.4 Å². The summed E-state index contributed by atoms with van der Waals surface area (Å²) in [7, 11) is 1.45. The van der Waals surface area contributed by atoms with E-state index in [0.717, 1.165) is 25.9 Å². The second kappa shape index (κ2) is 7.80. The number of nitrogens with zero attached hydrogens (tertiary/aromatic N) is 2. The molecule has 0 aromatic carbocycles. The topological polar surface area (TPSA) is 42.4 Å². The third-order valence-corrected chi connectivity index (χ3v) is 4.98. The molecule has 0 spiro atoms. The molecule has 0 unspecified atom stereocenters. The van der Waals surface area contributed by atoms with Gasteiger partial charge >= 0.3 is 6.09 Å². The number of hydrogen-bond donors (Lipinski definition) is 0. The minimum Gasteiger partial charge on any atom is -0.453 e. The maximum absolute atomic E-state index is 11.6. The lowest BCUT2D eigenvalue weighted by atomic mass is 9.81. The first-order valence-corrected chi connectivity index (χ1v) is 8.72. The minimum absolute atomic E-state index is 0.210. The van der Waals surface area contributed by atoms with E-state index in [1.807, 2.05) is 6.20 Å². The van der Waals surface area contributed by atoms with E-state index in [0.29, 0.717) is 23.7 Å². The number of methoxy groups -OCH3 is 1. The van der Waals surface area contributed by atoms with Gasteiger partial charge in [0, 0.05) is 30.9 Å². The van der Waals surface area contributed by atoms with Gasteiger partial charge in [-0.3, -0.25) is 4.98 Å². The number of pyridine rings is 1. The lowest BCUT2D eigenvalue weighted by Crippen LogP contribution is -2.37. The summed E-state index contributed by atoms with van der Waals surface area (Å²) in [5, 5.41) is 0. The van der Waals surface area contributed by atoms with Gasteiger partial charge in [0.25, 0.3) is 0 Å². The zero-order chi connectivity index (χ0) is 17.0. The van der Waals surface area contributed by atoms with Crippen molar-refractivity contribution in [3.63, 3.8) is 0 Å². The number of likely N-dealkylation sites (tertiary alicyclic amines) is 1. The van der Waals surface area contributed by atoms with Crippen LogP contribution in [-0.4, -0.2) is 36.2 Å². The highest BCUT2D eigenvalue weighted by Gasteiger charge is 2.26. The molecule has 1 saturated heterocycles. The molecule has 2 rings (SSSR count). The molecule has 0 atom stereocenters. The van der Waals surface area contributed by atoms with Crippen LogP contribution in [0, 0.1) is 11.8 Å². The Kier molecular flexibility index (Phi) is 6.03. The van der Waals surface area contributed by atoms with Crippen molar-refractivity contribution >= 4 is 6.09 Å². The Labute approximate surface area is 140 Å². The zero-order valence-corrected chi connectivity index (χ0v) is 15.1. The van der Waals surface area contributed by atoms with E-state index in [2.05, 4.69) is 44.8 Å². The van der Waals surface area contributed by atoms with E-state index in [1.165, 1.54) is 18.4 Å². The molecule has 23 heavy (non-hydrogen) atoms. The third-order valence-electron chi connectivity index (χ3n) is 4.98. The van der Waals surface area contributed by atoms with Gasteiger partial charge in [-0.1, -0.05) is 27.7 Å². The summed E-state index contributed by atoms with van der Waals surface area (Å²) in [6, 6.07) is 4.43. The fourth-order valence-electron chi connectivity index (χ4n) is 3.88. The van der Waals surface area contributed by atoms with Crippen LogP contribution < -0.4 is 0 Å². The SMILES string of the molecule is COC(=O)N1CCC(c2ccnc(C(C(C)C)C(C)C)c2)CC1. The minimum atomic E-state index is -0.210. The molecule has 128 valence electrons. The van der Waals surface area contributed by atoms with E-state index < -0.39 is 0 Å². The number of hydrogen-bond acceptors (Lipinski definition) is 3. The van der Waals surface area contributed by atoms with Gasteiger partial charge in [0.05, 0.1) is 7.11 Å². The Bertz CT molecular complexity index is 512. The molecule has 2 heterocycles. The van der Waals surface area contributed by atoms with E-state index in [-0.39, 0.29) is 6.09 Å². The summed E-state index contributed by atoms with van der Waals surface area (Å²) in [4.78, 5) is 18.0. The number of piperidine rings is 1. The van der Waals surface area contributed by atoms with Gasteiger partial charge in [-0.25, -0.2) is 4.79 Å². The number of carbonyl (C=O) groups is 1. The summed E-state index contributed by atoms with van der Waals surface area (Å²) in [6.45, 7) is 10.6. The summed E-state index contributed by atoms with van der Waals surface area (Å²) >= 11 is 0. The lowest BCUT2D eigenvalue weighted by molar-refractivity contribution is 0.112. The number of rotatable bonds is 4. The first-order valence-electron chi connectivity index (χ1n) is 8.72. The average molecular weight is 318 g/mol. The van der Waals surface area contributed by atoms with Crippen LogP contribution in [0.3, 0.4) is 0 Å². The molecule has 0 radical (unpaired) electrons. The molecule has 4 nitrogen and oxygen atoms in total. The van der Waals surface area contributed by atoms with Crippen LogP contribution in [0.4, 0.5) is 4.79 Å². The molecule has 0 aliphatic carbocycles. The van der Waals surface area contributed by atoms with E-state index in [1.54, 1.807) is 4.90 Å². The predicted molar refractivity (Wildman–Crippen MR) is 92.6 cm³/mol. The molecule has 0 saturated carbocycles. The lowest BCUT2D eigenvalue weighted by Gasteiger charge is -2.32. The Morgan fingerprint density at radius 1 is 1.22 bits per heavy atom. The van der Waals surface area contributed by atoms with Crippen LogP contribution in [0.1, 0.15) is 63.6 Å². The van der Waals surface area contributed by atoms with Gasteiger partial charge in [-0.15, -0.1) is 0 Å². The molecular formula is C19H30N2O2. The quantitative estimate of drug-likeness (QED) is 0.825. The summed E-state index contributed by atoms with van der Waals surface area (Å²) in [5.41, 5.74) is 2.58. The Morgan fingerprint density at radius 3 is 2.35 bits per heavy atom. The molecule has 1 aromatic rings. The van der Waals surface area contributed by atoms with Crippen molar-refractivity contribution < 1.29 is 9.53 Å². The van der Waals surface area contributed by atoms with Gasteiger partial charge in [0.1, 0.15) is 0 Å². The maximum atomic E-state index is 11.6. The largest absolute Gasteiger partial charge is 0.453 e. The van der Waals surface area contributed by atoms with Crippen LogP contribution >= 0.6 is 0 Å². The number of aromatic nitrogens is 1. The maximum Gasteiger partial charge on any atom is 0.409 e. The molecule has 1 fully saturated rings. The fourth-order valence-corrected chi connectivity index (χ4v) is 3.88. The highest BCUT2D eigenvalue weighted by Crippen LogP contribution is 2.34. The summed E-state index contributed by atoms with van der Waals surface area (Å²) in [6.07, 6.45) is 3.73. The first kappa shape index (κ1) is 17.8. The first-order chi connectivity index (χ1) is 10.9. The van der Waals surface area contributed by atoms with Crippen molar-refractivity contribution in [3.8, 4) is 0 Å². The molecule has 4 heteroatoms. The van der Waals surface area contributed by atoms with Crippen LogP contribution in [-0.2, 0) is 4.74 Å². The molecule has 1 aliphatic heterocycles. The monoisotopic (exact) mass is 318 g/mol. The summed E-state index contributed by atoms with van der Waals surface area (Å²) in [5.74, 6) is 2.17. The number of carbonyl (C=O) groups excluding carboxylic acids is 1. The number of ether oxygens (including phenoxy) is 1. The molecule has 1 amide bonds. The third kappa shape index (κ3) is 4.24. The molecule has 1 aliphatic rings. The van der Waals surface area contributed by atoms with Gasteiger partial charge in [-0.05, 0) is 48.3 Å². The molecule has 0 bridgehead atoms. The van der Waals surface area contributed by atoms with E-state index in [4.69, 9.17) is 4.74 Å². The van der Waals surface area contributed by atoms with Crippen molar-refractivity contribution in [2.24, 2.45) is 11.8 Å². The smallest absolute Gasteiger partial charge is 0.409 e. The Morgan fingerprint density at radius 2 is 1.83 bits per heavy atom. The van der Waals surface area contributed by atoms with Crippen LogP contribution in [0.5, 0.6) is 0 Å². The van der Waals surface area contributed by atoms with Gasteiger partial charge in [0.15, 0.2) is 0 Å². The van der Waals surface area contributed by atoms with Crippen LogP contribution in [0.2, 0.25) is 0 Å². The van der Waals surface area contributed by atoms with Crippen LogP contribution in [0.15, 0.2) is 18.3 Å².